The molecular formula is C19H22N4O3. The number of phenols is 1. The van der Waals surface area contributed by atoms with Gasteiger partial charge in [0.2, 0.25) is 0 Å². The first-order valence-corrected chi connectivity index (χ1v) is 8.60. The molecule has 0 aromatic heterocycles. The lowest BCUT2D eigenvalue weighted by molar-refractivity contribution is 0.243. The first kappa shape index (κ1) is 17.6. The number of benzene rings is 2. The number of nitrogens with zero attached hydrogens (tertiary/aromatic N) is 1. The van der Waals surface area contributed by atoms with Gasteiger partial charge in [-0.2, -0.15) is 0 Å². The Morgan fingerprint density at radius 3 is 2.85 bits per heavy atom. The Balaban J connectivity index is 1.52. The molecule has 4 N–H and O–H groups in total. The highest BCUT2D eigenvalue weighted by atomic mass is 16.3. The smallest absolute Gasteiger partial charge is 0.321 e. The normalized spacial score (nSPS) is 13.8. The zero-order valence-corrected chi connectivity index (χ0v) is 14.4. The van der Waals surface area contributed by atoms with Gasteiger partial charge in [-0.1, -0.05) is 18.2 Å². The van der Waals surface area contributed by atoms with Crippen LogP contribution in [0.3, 0.4) is 0 Å². The third-order valence-electron chi connectivity index (χ3n) is 4.11. The molecule has 0 bridgehead atoms. The minimum Gasteiger partial charge on any atom is -0.508 e. The van der Waals surface area contributed by atoms with Crippen molar-refractivity contribution in [2.45, 2.75) is 12.8 Å². The minimum absolute atomic E-state index is 0.121. The second-order valence-corrected chi connectivity index (χ2v) is 6.09. The van der Waals surface area contributed by atoms with Gasteiger partial charge in [0.05, 0.1) is 0 Å². The van der Waals surface area contributed by atoms with Crippen molar-refractivity contribution in [3.05, 3.63) is 54.1 Å². The average molecular weight is 354 g/mol. The summed E-state index contributed by atoms with van der Waals surface area (Å²) in [5.74, 6) is 0.213. The SMILES string of the molecule is O=C(NCCc1cccc(O)c1)Nc1cccc(N2CCCNC2=O)c1. The Morgan fingerprint density at radius 1 is 1.19 bits per heavy atom. The summed E-state index contributed by atoms with van der Waals surface area (Å²) in [4.78, 5) is 25.6. The number of amides is 4. The van der Waals surface area contributed by atoms with Gasteiger partial charge in [-0.3, -0.25) is 4.90 Å². The molecule has 0 saturated carbocycles. The number of aromatic hydroxyl groups is 1. The molecule has 1 heterocycles. The van der Waals surface area contributed by atoms with Crippen molar-refractivity contribution in [3.63, 3.8) is 0 Å². The van der Waals surface area contributed by atoms with Crippen LogP contribution in [0.15, 0.2) is 48.5 Å². The van der Waals surface area contributed by atoms with Gasteiger partial charge in [-0.05, 0) is 48.7 Å². The lowest BCUT2D eigenvalue weighted by Crippen LogP contribution is -2.46. The lowest BCUT2D eigenvalue weighted by atomic mass is 10.1. The summed E-state index contributed by atoms with van der Waals surface area (Å²) in [5.41, 5.74) is 2.32. The van der Waals surface area contributed by atoms with Crippen LogP contribution in [0.5, 0.6) is 5.75 Å². The predicted octanol–water partition coefficient (Wildman–Crippen LogP) is 2.68. The summed E-state index contributed by atoms with van der Waals surface area (Å²) < 4.78 is 0. The van der Waals surface area contributed by atoms with Crippen molar-refractivity contribution >= 4 is 23.4 Å². The van der Waals surface area contributed by atoms with E-state index in [2.05, 4.69) is 16.0 Å². The maximum Gasteiger partial charge on any atom is 0.321 e. The summed E-state index contributed by atoms with van der Waals surface area (Å²) in [6, 6.07) is 13.7. The van der Waals surface area contributed by atoms with E-state index in [4.69, 9.17) is 0 Å². The maximum absolute atomic E-state index is 12.1. The number of nitrogens with one attached hydrogen (secondary N) is 3. The van der Waals surface area contributed by atoms with E-state index in [1.165, 1.54) is 0 Å². The molecule has 4 amide bonds. The fourth-order valence-corrected chi connectivity index (χ4v) is 2.84. The van der Waals surface area contributed by atoms with Crippen LogP contribution in [0.2, 0.25) is 0 Å². The number of carbonyl (C=O) groups is 2. The van der Waals surface area contributed by atoms with Crippen LogP contribution in [-0.2, 0) is 6.42 Å². The Hall–Kier alpha value is -3.22. The molecule has 136 valence electrons. The van der Waals surface area contributed by atoms with Gasteiger partial charge in [0.15, 0.2) is 0 Å². The molecular weight excluding hydrogens is 332 g/mol. The fourth-order valence-electron chi connectivity index (χ4n) is 2.84. The average Bonchev–Trinajstić information content (AvgIpc) is 2.62. The van der Waals surface area contributed by atoms with E-state index in [0.29, 0.717) is 31.7 Å². The number of hydrogen-bond donors (Lipinski definition) is 4. The highest BCUT2D eigenvalue weighted by molar-refractivity contribution is 5.94. The van der Waals surface area contributed by atoms with Crippen LogP contribution < -0.4 is 20.9 Å². The number of rotatable bonds is 5. The van der Waals surface area contributed by atoms with Crippen molar-refractivity contribution < 1.29 is 14.7 Å². The second kappa shape index (κ2) is 8.24. The molecule has 0 atom stereocenters. The van der Waals surface area contributed by atoms with Crippen LogP contribution >= 0.6 is 0 Å². The van der Waals surface area contributed by atoms with Crippen molar-refractivity contribution in [1.82, 2.24) is 10.6 Å². The summed E-state index contributed by atoms with van der Waals surface area (Å²) >= 11 is 0. The van der Waals surface area contributed by atoms with E-state index in [9.17, 15) is 14.7 Å². The molecule has 7 heteroatoms. The summed E-state index contributed by atoms with van der Waals surface area (Å²) in [5, 5.41) is 17.8. The van der Waals surface area contributed by atoms with Crippen molar-refractivity contribution in [2.24, 2.45) is 0 Å². The predicted molar refractivity (Wildman–Crippen MR) is 101 cm³/mol. The van der Waals surface area contributed by atoms with E-state index in [1.54, 1.807) is 41.3 Å². The Bertz CT molecular complexity index is 794. The topological polar surface area (TPSA) is 93.7 Å². The number of carbonyl (C=O) groups excluding carboxylic acids is 2. The van der Waals surface area contributed by atoms with Gasteiger partial charge < -0.3 is 21.1 Å². The quantitative estimate of drug-likeness (QED) is 0.665. The van der Waals surface area contributed by atoms with Crippen LogP contribution in [0.4, 0.5) is 21.0 Å². The van der Waals surface area contributed by atoms with E-state index in [-0.39, 0.29) is 17.8 Å². The molecule has 0 aliphatic carbocycles. The zero-order valence-electron chi connectivity index (χ0n) is 14.4. The van der Waals surface area contributed by atoms with Gasteiger partial charge >= 0.3 is 12.1 Å². The molecule has 1 aliphatic rings. The molecule has 7 nitrogen and oxygen atoms in total. The third kappa shape index (κ3) is 4.66. The van der Waals surface area contributed by atoms with Gasteiger partial charge in [-0.25, -0.2) is 9.59 Å². The Kier molecular flexibility index (Phi) is 5.58. The van der Waals surface area contributed by atoms with E-state index in [0.717, 1.165) is 17.7 Å². The van der Waals surface area contributed by atoms with Crippen LogP contribution in [-0.4, -0.2) is 36.8 Å². The van der Waals surface area contributed by atoms with Crippen LogP contribution in [0.1, 0.15) is 12.0 Å². The third-order valence-corrected chi connectivity index (χ3v) is 4.11. The number of hydrogen-bond acceptors (Lipinski definition) is 3. The summed E-state index contributed by atoms with van der Waals surface area (Å²) in [6.45, 7) is 1.80. The van der Waals surface area contributed by atoms with Gasteiger partial charge in [0, 0.05) is 31.0 Å². The Labute approximate surface area is 152 Å². The number of phenolic OH excluding ortho intramolecular Hbond substituents is 1. The van der Waals surface area contributed by atoms with E-state index >= 15 is 0 Å². The number of anilines is 2. The molecule has 2 aromatic carbocycles. The molecule has 3 rings (SSSR count). The standard InChI is InChI=1S/C19H22N4O3/c24-17-7-1-4-14(12-17)8-10-20-18(25)22-15-5-2-6-16(13-15)23-11-3-9-21-19(23)26/h1-2,4-7,12-13,24H,3,8-11H2,(H,21,26)(H2,20,22,25). The summed E-state index contributed by atoms with van der Waals surface area (Å²) in [6.07, 6.45) is 1.51. The first-order chi connectivity index (χ1) is 12.6. The fraction of sp³-hybridized carbons (Fsp3) is 0.263. The van der Waals surface area contributed by atoms with Crippen molar-refractivity contribution in [2.75, 3.05) is 29.9 Å². The Morgan fingerprint density at radius 2 is 2.04 bits per heavy atom. The van der Waals surface area contributed by atoms with E-state index < -0.39 is 0 Å². The van der Waals surface area contributed by atoms with Crippen LogP contribution in [0.25, 0.3) is 0 Å². The van der Waals surface area contributed by atoms with E-state index in [1.807, 2.05) is 12.1 Å². The van der Waals surface area contributed by atoms with Crippen LogP contribution in [0, 0.1) is 0 Å². The van der Waals surface area contributed by atoms with Crippen molar-refractivity contribution in [1.29, 1.82) is 0 Å². The highest BCUT2D eigenvalue weighted by Crippen LogP contribution is 2.21. The monoisotopic (exact) mass is 354 g/mol. The largest absolute Gasteiger partial charge is 0.508 e. The molecule has 1 fully saturated rings. The molecule has 1 aliphatic heterocycles. The molecule has 0 unspecified atom stereocenters. The minimum atomic E-state index is -0.314. The lowest BCUT2D eigenvalue weighted by Gasteiger charge is -2.27. The summed E-state index contributed by atoms with van der Waals surface area (Å²) in [7, 11) is 0. The molecule has 0 radical (unpaired) electrons. The van der Waals surface area contributed by atoms with Crippen molar-refractivity contribution in [3.8, 4) is 5.75 Å². The molecule has 26 heavy (non-hydrogen) atoms. The number of urea groups is 2. The van der Waals surface area contributed by atoms with Gasteiger partial charge in [0.25, 0.3) is 0 Å². The second-order valence-electron chi connectivity index (χ2n) is 6.09. The van der Waals surface area contributed by atoms with Gasteiger partial charge in [0.1, 0.15) is 5.75 Å². The van der Waals surface area contributed by atoms with Gasteiger partial charge in [-0.15, -0.1) is 0 Å². The zero-order chi connectivity index (χ0) is 18.4. The molecule has 0 spiro atoms. The first-order valence-electron chi connectivity index (χ1n) is 8.60. The maximum atomic E-state index is 12.1. The molecule has 2 aromatic rings. The molecule has 1 saturated heterocycles. The highest BCUT2D eigenvalue weighted by Gasteiger charge is 2.19.